The normalized spacial score (nSPS) is 13.5. The third-order valence-electron chi connectivity index (χ3n) is 3.52. The van der Waals surface area contributed by atoms with E-state index in [1.54, 1.807) is 6.08 Å². The second kappa shape index (κ2) is 7.48. The van der Waals surface area contributed by atoms with Gasteiger partial charge in [0, 0.05) is 11.8 Å². The second-order valence-corrected chi connectivity index (χ2v) is 5.05. The van der Waals surface area contributed by atoms with Crippen molar-refractivity contribution in [2.45, 2.75) is 6.92 Å². The molecule has 1 aromatic rings. The van der Waals surface area contributed by atoms with Crippen LogP contribution in [0.4, 0.5) is 5.69 Å². The minimum Gasteiger partial charge on any atom is -0.506 e. The lowest BCUT2D eigenvalue weighted by Crippen LogP contribution is -2.28. The molecule has 0 aromatic heterocycles. The van der Waals surface area contributed by atoms with E-state index in [4.69, 9.17) is 9.47 Å². The molecule has 2 rings (SSSR count). The van der Waals surface area contributed by atoms with Crippen molar-refractivity contribution in [3.05, 3.63) is 59.5 Å². The van der Waals surface area contributed by atoms with E-state index in [1.807, 2.05) is 0 Å². The van der Waals surface area contributed by atoms with Gasteiger partial charge in [-0.2, -0.15) is 0 Å². The van der Waals surface area contributed by atoms with Crippen molar-refractivity contribution >= 4 is 23.4 Å². The number of carbonyl (C=O) groups excluding carboxylic acids is 3. The van der Waals surface area contributed by atoms with Gasteiger partial charge >= 0.3 is 11.9 Å². The van der Waals surface area contributed by atoms with Crippen molar-refractivity contribution in [2.75, 3.05) is 19.1 Å². The molecule has 0 unspecified atom stereocenters. The van der Waals surface area contributed by atoms with Crippen LogP contribution >= 0.6 is 0 Å². The highest BCUT2D eigenvalue weighted by Gasteiger charge is 2.30. The molecule has 1 aliphatic rings. The van der Waals surface area contributed by atoms with Gasteiger partial charge in [-0.15, -0.1) is 0 Å². The summed E-state index contributed by atoms with van der Waals surface area (Å²) in [5.41, 5.74) is -0.00521. The Morgan fingerprint density at radius 1 is 1.04 bits per heavy atom. The molecule has 0 spiro atoms. The largest absolute Gasteiger partial charge is 0.506 e. The van der Waals surface area contributed by atoms with Crippen molar-refractivity contribution in [3.8, 4) is 5.75 Å². The van der Waals surface area contributed by atoms with Gasteiger partial charge < -0.3 is 19.5 Å². The van der Waals surface area contributed by atoms with Crippen LogP contribution in [0, 0.1) is 0 Å². The van der Waals surface area contributed by atoms with Crippen LogP contribution in [0.2, 0.25) is 0 Å². The average molecular weight is 343 g/mol. The van der Waals surface area contributed by atoms with Crippen LogP contribution in [0.1, 0.15) is 17.3 Å². The number of carbonyl (C=O) groups is 3. The van der Waals surface area contributed by atoms with Crippen LogP contribution in [0.3, 0.4) is 0 Å². The van der Waals surface area contributed by atoms with E-state index in [2.05, 4.69) is 0 Å². The van der Waals surface area contributed by atoms with Crippen LogP contribution in [0.15, 0.2) is 53.9 Å². The number of para-hydroxylation sites is 1. The number of ether oxygens (including phenoxy) is 2. The SMILES string of the molecule is COC(=O)C1=C(C(=O)OC)N(c2c(O)cccc2C(C)=O)C=CC=C1. The molecule has 0 fully saturated rings. The maximum Gasteiger partial charge on any atom is 0.355 e. The Bertz CT molecular complexity index is 819. The summed E-state index contributed by atoms with van der Waals surface area (Å²) in [6.07, 6.45) is 5.92. The maximum atomic E-state index is 12.4. The van der Waals surface area contributed by atoms with Crippen LogP contribution in [0.5, 0.6) is 5.75 Å². The third kappa shape index (κ3) is 3.45. The van der Waals surface area contributed by atoms with Crippen LogP contribution in [-0.2, 0) is 19.1 Å². The van der Waals surface area contributed by atoms with Gasteiger partial charge in [0.1, 0.15) is 11.4 Å². The molecule has 0 atom stereocenters. The fourth-order valence-electron chi connectivity index (χ4n) is 2.41. The van der Waals surface area contributed by atoms with E-state index in [-0.39, 0.29) is 34.1 Å². The van der Waals surface area contributed by atoms with Gasteiger partial charge in [0.05, 0.1) is 25.5 Å². The van der Waals surface area contributed by atoms with Crippen molar-refractivity contribution in [2.24, 2.45) is 0 Å². The minimum absolute atomic E-state index is 0.0664. The number of phenols is 1. The Morgan fingerprint density at radius 3 is 2.32 bits per heavy atom. The van der Waals surface area contributed by atoms with Gasteiger partial charge in [-0.1, -0.05) is 12.1 Å². The molecule has 0 bridgehead atoms. The molecule has 0 saturated heterocycles. The number of allylic oxidation sites excluding steroid dienone is 2. The Labute approximate surface area is 144 Å². The molecule has 0 saturated carbocycles. The van der Waals surface area contributed by atoms with Gasteiger partial charge in [-0.05, 0) is 31.2 Å². The fraction of sp³-hybridized carbons (Fsp3) is 0.167. The monoisotopic (exact) mass is 343 g/mol. The van der Waals surface area contributed by atoms with E-state index in [9.17, 15) is 19.5 Å². The van der Waals surface area contributed by atoms with E-state index in [0.717, 1.165) is 7.11 Å². The Kier molecular flexibility index (Phi) is 5.38. The molecule has 0 radical (unpaired) electrons. The zero-order chi connectivity index (χ0) is 18.6. The number of phenolic OH excluding ortho intramolecular Hbond substituents is 1. The molecule has 25 heavy (non-hydrogen) atoms. The second-order valence-electron chi connectivity index (χ2n) is 5.05. The number of hydrogen-bond donors (Lipinski definition) is 1. The quantitative estimate of drug-likeness (QED) is 0.661. The highest BCUT2D eigenvalue weighted by atomic mass is 16.5. The summed E-state index contributed by atoms with van der Waals surface area (Å²) in [6.45, 7) is 1.33. The first-order chi connectivity index (χ1) is 11.9. The number of hydrogen-bond acceptors (Lipinski definition) is 7. The van der Waals surface area contributed by atoms with Crippen molar-refractivity contribution in [3.63, 3.8) is 0 Å². The van der Waals surface area contributed by atoms with Crippen LogP contribution in [0.25, 0.3) is 0 Å². The molecule has 1 N–H and O–H groups in total. The van der Waals surface area contributed by atoms with Crippen LogP contribution < -0.4 is 4.90 Å². The summed E-state index contributed by atoms with van der Waals surface area (Å²) in [6, 6.07) is 4.40. The number of benzene rings is 1. The summed E-state index contributed by atoms with van der Waals surface area (Å²) < 4.78 is 9.50. The lowest BCUT2D eigenvalue weighted by molar-refractivity contribution is -0.139. The fourth-order valence-corrected chi connectivity index (χ4v) is 2.41. The predicted molar refractivity (Wildman–Crippen MR) is 89.9 cm³/mol. The summed E-state index contributed by atoms with van der Waals surface area (Å²) in [4.78, 5) is 37.7. The summed E-state index contributed by atoms with van der Waals surface area (Å²) in [7, 11) is 2.35. The topological polar surface area (TPSA) is 93.1 Å². The number of Topliss-reactive ketones (excluding diaryl/α,β-unsaturated/α-hetero) is 1. The number of methoxy groups -OCH3 is 2. The van der Waals surface area contributed by atoms with Crippen molar-refractivity contribution in [1.29, 1.82) is 0 Å². The molecule has 7 nitrogen and oxygen atoms in total. The Morgan fingerprint density at radius 2 is 1.72 bits per heavy atom. The lowest BCUT2D eigenvalue weighted by atomic mass is 10.1. The predicted octanol–water partition coefficient (Wildman–Crippen LogP) is 2.08. The number of esters is 2. The number of nitrogens with zero attached hydrogens (tertiary/aromatic N) is 1. The number of ketones is 1. The smallest absolute Gasteiger partial charge is 0.355 e. The average Bonchev–Trinajstić information content (AvgIpc) is 2.82. The zero-order valence-corrected chi connectivity index (χ0v) is 14.0. The molecule has 0 amide bonds. The molecule has 7 heteroatoms. The Hall–Kier alpha value is -3.35. The first-order valence-electron chi connectivity index (χ1n) is 7.30. The maximum absolute atomic E-state index is 12.4. The van der Waals surface area contributed by atoms with Gasteiger partial charge in [-0.3, -0.25) is 4.79 Å². The van der Waals surface area contributed by atoms with E-state index in [0.29, 0.717) is 0 Å². The van der Waals surface area contributed by atoms with E-state index in [1.165, 1.54) is 55.5 Å². The zero-order valence-electron chi connectivity index (χ0n) is 14.0. The number of rotatable bonds is 4. The van der Waals surface area contributed by atoms with Gasteiger partial charge in [0.15, 0.2) is 5.78 Å². The summed E-state index contributed by atoms with van der Waals surface area (Å²) in [5.74, 6) is -2.13. The standard InChI is InChI=1S/C18H17NO6/c1-11(20)12-8-6-9-14(21)15(12)19-10-5-4-7-13(17(22)24-2)16(19)18(23)25-3/h4-10,21H,1-3H3. The number of anilines is 1. The van der Waals surface area contributed by atoms with Crippen LogP contribution in [-0.4, -0.2) is 37.0 Å². The highest BCUT2D eigenvalue weighted by Crippen LogP contribution is 2.36. The summed E-state index contributed by atoms with van der Waals surface area (Å²) in [5, 5.41) is 10.3. The third-order valence-corrected chi connectivity index (χ3v) is 3.52. The molecule has 0 aliphatic carbocycles. The summed E-state index contributed by atoms with van der Waals surface area (Å²) >= 11 is 0. The number of aromatic hydroxyl groups is 1. The molecule has 1 heterocycles. The highest BCUT2D eigenvalue weighted by molar-refractivity contribution is 6.08. The molecule has 1 aromatic carbocycles. The van der Waals surface area contributed by atoms with Gasteiger partial charge in [0.25, 0.3) is 0 Å². The molecular formula is C18H17NO6. The van der Waals surface area contributed by atoms with Gasteiger partial charge in [0.2, 0.25) is 0 Å². The molecule has 130 valence electrons. The molecular weight excluding hydrogens is 326 g/mol. The first-order valence-corrected chi connectivity index (χ1v) is 7.30. The van der Waals surface area contributed by atoms with E-state index < -0.39 is 11.9 Å². The first kappa shape index (κ1) is 18.0. The van der Waals surface area contributed by atoms with Crippen molar-refractivity contribution in [1.82, 2.24) is 0 Å². The molecule has 1 aliphatic heterocycles. The lowest BCUT2D eigenvalue weighted by Gasteiger charge is -2.25. The Balaban J connectivity index is 2.81. The van der Waals surface area contributed by atoms with Gasteiger partial charge in [-0.25, -0.2) is 9.59 Å². The van der Waals surface area contributed by atoms with Crippen molar-refractivity contribution < 1.29 is 29.0 Å². The van der Waals surface area contributed by atoms with E-state index >= 15 is 0 Å². The minimum atomic E-state index is -0.825.